The summed E-state index contributed by atoms with van der Waals surface area (Å²) in [5, 5.41) is 9.37. The third-order valence-corrected chi connectivity index (χ3v) is 2.86. The molecule has 0 bridgehead atoms. The second-order valence-electron chi connectivity index (χ2n) is 4.01. The van der Waals surface area contributed by atoms with Crippen LogP contribution in [-0.2, 0) is 0 Å². The normalized spacial score (nSPS) is 19.5. The number of hydrogen-bond acceptors (Lipinski definition) is 3. The topological polar surface area (TPSA) is 49.8 Å². The average Bonchev–Trinajstić information content (AvgIpc) is 2.74. The number of methoxy groups -OCH3 is 1. The molecule has 1 amide bonds. The molecule has 0 aliphatic carbocycles. The van der Waals surface area contributed by atoms with Crippen molar-refractivity contribution in [2.45, 2.75) is 12.5 Å². The number of carbonyl (C=O) groups excluding carboxylic acids is 1. The molecule has 5 heteroatoms. The minimum atomic E-state index is -0.601. The van der Waals surface area contributed by atoms with E-state index in [0.29, 0.717) is 13.0 Å². The monoisotopic (exact) mass is 239 g/mol. The van der Waals surface area contributed by atoms with E-state index in [1.165, 1.54) is 24.1 Å². The fraction of sp³-hybridized carbons (Fsp3) is 0.417. The highest BCUT2D eigenvalue weighted by Crippen LogP contribution is 2.24. The number of amides is 1. The second-order valence-corrected chi connectivity index (χ2v) is 4.01. The van der Waals surface area contributed by atoms with E-state index in [0.717, 1.165) is 0 Å². The SMILES string of the molecule is COc1cccc(F)c1C(=O)N1CCC(O)C1. The zero-order valence-electron chi connectivity index (χ0n) is 9.52. The molecule has 1 N–H and O–H groups in total. The Balaban J connectivity index is 2.30. The van der Waals surface area contributed by atoms with Crippen molar-refractivity contribution in [1.82, 2.24) is 4.90 Å². The van der Waals surface area contributed by atoms with E-state index in [4.69, 9.17) is 4.74 Å². The number of rotatable bonds is 2. The molecule has 92 valence electrons. The predicted molar refractivity (Wildman–Crippen MR) is 59.5 cm³/mol. The fourth-order valence-corrected chi connectivity index (χ4v) is 1.97. The summed E-state index contributed by atoms with van der Waals surface area (Å²) in [6.07, 6.45) is 0.0133. The first-order valence-electron chi connectivity index (χ1n) is 5.43. The van der Waals surface area contributed by atoms with Crippen molar-refractivity contribution in [3.8, 4) is 5.75 Å². The molecule has 1 aromatic rings. The Bertz CT molecular complexity index is 436. The number of halogens is 1. The molecule has 1 aliphatic heterocycles. The van der Waals surface area contributed by atoms with Gasteiger partial charge in [0, 0.05) is 13.1 Å². The van der Waals surface area contributed by atoms with E-state index in [2.05, 4.69) is 0 Å². The van der Waals surface area contributed by atoms with Crippen molar-refractivity contribution in [3.05, 3.63) is 29.6 Å². The third-order valence-electron chi connectivity index (χ3n) is 2.86. The lowest BCUT2D eigenvalue weighted by Crippen LogP contribution is -2.30. The van der Waals surface area contributed by atoms with Crippen LogP contribution in [0.4, 0.5) is 4.39 Å². The van der Waals surface area contributed by atoms with Crippen molar-refractivity contribution in [3.63, 3.8) is 0 Å². The number of β-amino-alcohol motifs (C(OH)–C–C–N with tert-alkyl or cyclic N) is 1. The van der Waals surface area contributed by atoms with E-state index >= 15 is 0 Å². The molecule has 17 heavy (non-hydrogen) atoms. The number of hydrogen-bond donors (Lipinski definition) is 1. The highest BCUT2D eigenvalue weighted by atomic mass is 19.1. The summed E-state index contributed by atoms with van der Waals surface area (Å²) in [5.74, 6) is -0.816. The first-order valence-corrected chi connectivity index (χ1v) is 5.43. The summed E-state index contributed by atoms with van der Waals surface area (Å²) in [4.78, 5) is 13.5. The molecular formula is C12H14FNO3. The van der Waals surface area contributed by atoms with Gasteiger partial charge in [-0.1, -0.05) is 6.07 Å². The number of carbonyl (C=O) groups is 1. The van der Waals surface area contributed by atoms with Gasteiger partial charge in [0.05, 0.1) is 13.2 Å². The molecule has 1 fully saturated rings. The summed E-state index contributed by atoms with van der Waals surface area (Å²) in [7, 11) is 1.39. The number of aliphatic hydroxyl groups is 1. The Morgan fingerprint density at radius 3 is 2.94 bits per heavy atom. The van der Waals surface area contributed by atoms with Crippen molar-refractivity contribution < 1.29 is 19.0 Å². The highest BCUT2D eigenvalue weighted by molar-refractivity contribution is 5.97. The molecule has 1 atom stereocenters. The van der Waals surface area contributed by atoms with Crippen molar-refractivity contribution in [2.24, 2.45) is 0 Å². The van der Waals surface area contributed by atoms with Crippen LogP contribution in [0.5, 0.6) is 5.75 Å². The molecule has 2 rings (SSSR count). The Morgan fingerprint density at radius 2 is 2.35 bits per heavy atom. The predicted octanol–water partition coefficient (Wildman–Crippen LogP) is 1.04. The van der Waals surface area contributed by atoms with E-state index < -0.39 is 17.8 Å². The van der Waals surface area contributed by atoms with Gasteiger partial charge < -0.3 is 14.7 Å². The maximum atomic E-state index is 13.6. The van der Waals surface area contributed by atoms with Gasteiger partial charge in [-0.25, -0.2) is 4.39 Å². The van der Waals surface area contributed by atoms with E-state index in [-0.39, 0.29) is 17.9 Å². The van der Waals surface area contributed by atoms with Gasteiger partial charge in [0.25, 0.3) is 5.91 Å². The van der Waals surface area contributed by atoms with Gasteiger partial charge in [-0.05, 0) is 18.6 Å². The molecule has 0 radical (unpaired) electrons. The zero-order valence-corrected chi connectivity index (χ0v) is 9.52. The van der Waals surface area contributed by atoms with Crippen molar-refractivity contribution in [1.29, 1.82) is 0 Å². The van der Waals surface area contributed by atoms with Gasteiger partial charge in [-0.2, -0.15) is 0 Å². The Kier molecular flexibility index (Phi) is 3.28. The van der Waals surface area contributed by atoms with Crippen LogP contribution in [0.2, 0.25) is 0 Å². The number of ether oxygens (including phenoxy) is 1. The Hall–Kier alpha value is -1.62. The van der Waals surface area contributed by atoms with Crippen LogP contribution >= 0.6 is 0 Å². The standard InChI is InChI=1S/C12H14FNO3/c1-17-10-4-2-3-9(13)11(10)12(16)14-6-5-8(15)7-14/h2-4,8,15H,5-7H2,1H3. The summed E-state index contributed by atoms with van der Waals surface area (Å²) in [6, 6.07) is 4.26. The molecule has 0 saturated carbocycles. The molecule has 1 aromatic carbocycles. The van der Waals surface area contributed by atoms with Crippen LogP contribution in [0, 0.1) is 5.82 Å². The fourth-order valence-electron chi connectivity index (χ4n) is 1.97. The lowest BCUT2D eigenvalue weighted by molar-refractivity contribution is 0.0756. The summed E-state index contributed by atoms with van der Waals surface area (Å²) in [5.41, 5.74) is -0.0656. The molecule has 1 aliphatic rings. The van der Waals surface area contributed by atoms with Gasteiger partial charge in [0.15, 0.2) is 0 Å². The molecule has 0 spiro atoms. The maximum Gasteiger partial charge on any atom is 0.260 e. The second kappa shape index (κ2) is 4.71. The smallest absolute Gasteiger partial charge is 0.260 e. The average molecular weight is 239 g/mol. The highest BCUT2D eigenvalue weighted by Gasteiger charge is 2.29. The van der Waals surface area contributed by atoms with Crippen molar-refractivity contribution >= 4 is 5.91 Å². The van der Waals surface area contributed by atoms with Crippen LogP contribution in [0.3, 0.4) is 0 Å². The van der Waals surface area contributed by atoms with Crippen LogP contribution in [0.25, 0.3) is 0 Å². The molecule has 0 aromatic heterocycles. The van der Waals surface area contributed by atoms with Gasteiger partial charge in [0.2, 0.25) is 0 Å². The zero-order chi connectivity index (χ0) is 12.4. The van der Waals surface area contributed by atoms with Crippen LogP contribution in [-0.4, -0.2) is 42.2 Å². The van der Waals surface area contributed by atoms with Crippen molar-refractivity contribution in [2.75, 3.05) is 20.2 Å². The minimum Gasteiger partial charge on any atom is -0.496 e. The summed E-state index contributed by atoms with van der Waals surface area (Å²) < 4.78 is 18.6. The Labute approximate surface area is 98.6 Å². The first-order chi connectivity index (χ1) is 8.13. The van der Waals surface area contributed by atoms with Gasteiger partial charge in [-0.15, -0.1) is 0 Å². The Morgan fingerprint density at radius 1 is 1.59 bits per heavy atom. The number of nitrogens with zero attached hydrogens (tertiary/aromatic N) is 1. The quantitative estimate of drug-likeness (QED) is 0.839. The van der Waals surface area contributed by atoms with Gasteiger partial charge in [-0.3, -0.25) is 4.79 Å². The number of aliphatic hydroxyl groups excluding tert-OH is 1. The molecule has 1 saturated heterocycles. The number of likely N-dealkylation sites (tertiary alicyclic amines) is 1. The maximum absolute atomic E-state index is 13.6. The van der Waals surface area contributed by atoms with E-state index in [1.807, 2.05) is 0 Å². The van der Waals surface area contributed by atoms with E-state index in [9.17, 15) is 14.3 Å². The van der Waals surface area contributed by atoms with Crippen LogP contribution in [0.1, 0.15) is 16.8 Å². The molecule has 1 heterocycles. The van der Waals surface area contributed by atoms with Gasteiger partial charge >= 0.3 is 0 Å². The molecule has 1 unspecified atom stereocenters. The molecular weight excluding hydrogens is 225 g/mol. The first kappa shape index (κ1) is 11.9. The van der Waals surface area contributed by atoms with Gasteiger partial charge in [0.1, 0.15) is 17.1 Å². The van der Waals surface area contributed by atoms with Crippen LogP contribution < -0.4 is 4.74 Å². The van der Waals surface area contributed by atoms with E-state index in [1.54, 1.807) is 6.07 Å². The lowest BCUT2D eigenvalue weighted by atomic mass is 10.1. The number of benzene rings is 1. The lowest BCUT2D eigenvalue weighted by Gasteiger charge is -2.17. The summed E-state index contributed by atoms with van der Waals surface area (Å²) in [6.45, 7) is 0.688. The van der Waals surface area contributed by atoms with Crippen LogP contribution in [0.15, 0.2) is 18.2 Å². The largest absolute Gasteiger partial charge is 0.496 e. The third kappa shape index (κ3) is 2.24. The minimum absolute atomic E-state index is 0.0656. The summed E-state index contributed by atoms with van der Waals surface area (Å²) >= 11 is 0. The molecule has 4 nitrogen and oxygen atoms in total.